The molecule has 2 nitrogen and oxygen atoms in total. The molecule has 0 aliphatic heterocycles. The van der Waals surface area contributed by atoms with Crippen molar-refractivity contribution in [2.45, 2.75) is 26.3 Å². The zero-order valence-electron chi connectivity index (χ0n) is 8.66. The van der Waals surface area contributed by atoms with Crippen LogP contribution in [0.3, 0.4) is 0 Å². The second kappa shape index (κ2) is 6.02. The number of hydrogen-bond donors (Lipinski definition) is 2. The van der Waals surface area contributed by atoms with Crippen LogP contribution in [-0.4, -0.2) is 11.7 Å². The predicted octanol–water partition coefficient (Wildman–Crippen LogP) is 2.11. The van der Waals surface area contributed by atoms with Crippen LogP contribution in [0.25, 0.3) is 0 Å². The van der Waals surface area contributed by atoms with Gasteiger partial charge < -0.3 is 10.8 Å². The molecule has 1 rings (SSSR count). The minimum atomic E-state index is -0.0383. The standard InChI is InChI=1S/C11H17NO.ClH/c1-8-5-9(2)7-10(6-8)11(12)3-4-13;/h5-7,11,13H,3-4,12H2,1-2H3;1H. The van der Waals surface area contributed by atoms with E-state index in [1.807, 2.05) is 0 Å². The summed E-state index contributed by atoms with van der Waals surface area (Å²) in [6.07, 6.45) is 0.628. The molecule has 1 atom stereocenters. The highest BCUT2D eigenvalue weighted by atomic mass is 35.5. The van der Waals surface area contributed by atoms with Crippen LogP contribution >= 0.6 is 12.4 Å². The van der Waals surface area contributed by atoms with E-state index in [-0.39, 0.29) is 25.1 Å². The molecule has 0 aromatic heterocycles. The van der Waals surface area contributed by atoms with Crippen LogP contribution in [0.5, 0.6) is 0 Å². The summed E-state index contributed by atoms with van der Waals surface area (Å²) in [5.41, 5.74) is 9.45. The predicted molar refractivity (Wildman–Crippen MR) is 61.8 cm³/mol. The van der Waals surface area contributed by atoms with Gasteiger partial charge in [0.05, 0.1) is 0 Å². The number of aryl methyl sites for hydroxylation is 2. The topological polar surface area (TPSA) is 46.2 Å². The van der Waals surface area contributed by atoms with Crippen LogP contribution in [0.2, 0.25) is 0 Å². The Morgan fingerprint density at radius 1 is 1.21 bits per heavy atom. The van der Waals surface area contributed by atoms with Crippen molar-refractivity contribution in [1.82, 2.24) is 0 Å². The maximum atomic E-state index is 8.76. The first-order chi connectivity index (χ1) is 6.13. The largest absolute Gasteiger partial charge is 0.396 e. The lowest BCUT2D eigenvalue weighted by Gasteiger charge is -2.11. The second-order valence-electron chi connectivity index (χ2n) is 3.54. The first-order valence-corrected chi connectivity index (χ1v) is 4.58. The fourth-order valence-corrected chi connectivity index (χ4v) is 1.53. The van der Waals surface area contributed by atoms with Crippen molar-refractivity contribution in [2.24, 2.45) is 5.73 Å². The summed E-state index contributed by atoms with van der Waals surface area (Å²) < 4.78 is 0. The number of rotatable bonds is 3. The Morgan fingerprint density at radius 2 is 1.71 bits per heavy atom. The quantitative estimate of drug-likeness (QED) is 0.812. The zero-order chi connectivity index (χ0) is 9.84. The molecule has 0 spiro atoms. The van der Waals surface area contributed by atoms with E-state index in [1.165, 1.54) is 11.1 Å². The molecule has 0 amide bonds. The van der Waals surface area contributed by atoms with Crippen molar-refractivity contribution < 1.29 is 5.11 Å². The third kappa shape index (κ3) is 3.66. The maximum Gasteiger partial charge on any atom is 0.0449 e. The number of aliphatic hydroxyl groups excluding tert-OH is 1. The first-order valence-electron chi connectivity index (χ1n) is 4.58. The maximum absolute atomic E-state index is 8.76. The average molecular weight is 216 g/mol. The molecule has 3 N–H and O–H groups in total. The van der Waals surface area contributed by atoms with Crippen LogP contribution < -0.4 is 5.73 Å². The van der Waals surface area contributed by atoms with E-state index in [0.717, 1.165) is 5.56 Å². The number of halogens is 1. The Morgan fingerprint density at radius 3 is 2.14 bits per heavy atom. The third-order valence-electron chi connectivity index (χ3n) is 2.11. The Hall–Kier alpha value is -0.570. The van der Waals surface area contributed by atoms with Gasteiger partial charge in [0, 0.05) is 12.6 Å². The summed E-state index contributed by atoms with van der Waals surface area (Å²) in [6, 6.07) is 6.24. The van der Waals surface area contributed by atoms with Gasteiger partial charge in [-0.25, -0.2) is 0 Å². The first kappa shape index (κ1) is 13.4. The minimum absolute atomic E-state index is 0. The molecule has 0 aliphatic rings. The summed E-state index contributed by atoms with van der Waals surface area (Å²) in [6.45, 7) is 4.26. The second-order valence-corrected chi connectivity index (χ2v) is 3.54. The van der Waals surface area contributed by atoms with Gasteiger partial charge in [0.25, 0.3) is 0 Å². The van der Waals surface area contributed by atoms with Crippen molar-refractivity contribution >= 4 is 12.4 Å². The van der Waals surface area contributed by atoms with Gasteiger partial charge in [-0.05, 0) is 25.8 Å². The molecule has 0 saturated carbocycles. The summed E-state index contributed by atoms with van der Waals surface area (Å²) in [4.78, 5) is 0. The van der Waals surface area contributed by atoms with E-state index < -0.39 is 0 Å². The van der Waals surface area contributed by atoms with Crippen molar-refractivity contribution in [1.29, 1.82) is 0 Å². The summed E-state index contributed by atoms with van der Waals surface area (Å²) in [5.74, 6) is 0. The molecular weight excluding hydrogens is 198 g/mol. The lowest BCUT2D eigenvalue weighted by atomic mass is 10.0. The molecule has 0 fully saturated rings. The molecule has 1 aromatic rings. The lowest BCUT2D eigenvalue weighted by Crippen LogP contribution is -2.12. The Balaban J connectivity index is 0.00000169. The third-order valence-corrected chi connectivity index (χ3v) is 2.11. The van der Waals surface area contributed by atoms with Gasteiger partial charge in [-0.3, -0.25) is 0 Å². The normalized spacial score (nSPS) is 12.0. The summed E-state index contributed by atoms with van der Waals surface area (Å²) >= 11 is 0. The molecule has 0 bridgehead atoms. The van der Waals surface area contributed by atoms with E-state index in [2.05, 4.69) is 32.0 Å². The van der Waals surface area contributed by atoms with Crippen LogP contribution in [0, 0.1) is 13.8 Å². The molecule has 1 unspecified atom stereocenters. The van der Waals surface area contributed by atoms with Crippen molar-refractivity contribution in [2.75, 3.05) is 6.61 Å². The van der Waals surface area contributed by atoms with Gasteiger partial charge in [0.1, 0.15) is 0 Å². The minimum Gasteiger partial charge on any atom is -0.396 e. The lowest BCUT2D eigenvalue weighted by molar-refractivity contribution is 0.276. The monoisotopic (exact) mass is 215 g/mol. The van der Waals surface area contributed by atoms with Crippen molar-refractivity contribution in [3.8, 4) is 0 Å². The highest BCUT2D eigenvalue weighted by Crippen LogP contribution is 2.17. The van der Waals surface area contributed by atoms with Gasteiger partial charge in [-0.2, -0.15) is 0 Å². The van der Waals surface area contributed by atoms with Gasteiger partial charge in [0.2, 0.25) is 0 Å². The van der Waals surface area contributed by atoms with Crippen LogP contribution in [0.15, 0.2) is 18.2 Å². The van der Waals surface area contributed by atoms with E-state index in [4.69, 9.17) is 10.8 Å². The molecule has 0 aliphatic carbocycles. The fraction of sp³-hybridized carbons (Fsp3) is 0.455. The Labute approximate surface area is 91.5 Å². The summed E-state index contributed by atoms with van der Waals surface area (Å²) in [7, 11) is 0. The van der Waals surface area contributed by atoms with Gasteiger partial charge in [-0.15, -0.1) is 12.4 Å². The van der Waals surface area contributed by atoms with Gasteiger partial charge in [-0.1, -0.05) is 29.3 Å². The average Bonchev–Trinajstić information content (AvgIpc) is 2.03. The smallest absolute Gasteiger partial charge is 0.0449 e. The summed E-state index contributed by atoms with van der Waals surface area (Å²) in [5, 5.41) is 8.76. The van der Waals surface area contributed by atoms with E-state index in [0.29, 0.717) is 6.42 Å². The molecular formula is C11H18ClNO. The highest BCUT2D eigenvalue weighted by molar-refractivity contribution is 5.85. The number of hydrogen-bond acceptors (Lipinski definition) is 2. The Bertz CT molecular complexity index is 268. The highest BCUT2D eigenvalue weighted by Gasteiger charge is 2.05. The molecule has 0 heterocycles. The van der Waals surface area contributed by atoms with E-state index >= 15 is 0 Å². The van der Waals surface area contributed by atoms with Crippen molar-refractivity contribution in [3.05, 3.63) is 34.9 Å². The van der Waals surface area contributed by atoms with Gasteiger partial charge in [0.15, 0.2) is 0 Å². The number of benzene rings is 1. The molecule has 3 heteroatoms. The molecule has 0 radical (unpaired) electrons. The van der Waals surface area contributed by atoms with Crippen LogP contribution in [0.4, 0.5) is 0 Å². The van der Waals surface area contributed by atoms with E-state index in [9.17, 15) is 0 Å². The van der Waals surface area contributed by atoms with Crippen LogP contribution in [0.1, 0.15) is 29.2 Å². The SMILES string of the molecule is Cc1cc(C)cc(C(N)CCO)c1.Cl. The zero-order valence-corrected chi connectivity index (χ0v) is 9.47. The number of nitrogens with two attached hydrogens (primary N) is 1. The van der Waals surface area contributed by atoms with E-state index in [1.54, 1.807) is 0 Å². The fourth-order valence-electron chi connectivity index (χ4n) is 1.53. The Kier molecular flexibility index (Phi) is 5.77. The molecule has 80 valence electrons. The van der Waals surface area contributed by atoms with Crippen molar-refractivity contribution in [3.63, 3.8) is 0 Å². The van der Waals surface area contributed by atoms with Crippen LogP contribution in [-0.2, 0) is 0 Å². The molecule has 1 aromatic carbocycles. The van der Waals surface area contributed by atoms with Gasteiger partial charge >= 0.3 is 0 Å². The molecule has 14 heavy (non-hydrogen) atoms. The number of aliphatic hydroxyl groups is 1. The molecule has 0 saturated heterocycles.